The molecule has 0 N–H and O–H groups in total. The Hall–Kier alpha value is -4.03. The minimum atomic E-state index is 0.0857. The van der Waals surface area contributed by atoms with Crippen molar-refractivity contribution >= 4 is 17.7 Å². The highest BCUT2D eigenvalue weighted by Crippen LogP contribution is 2.24. The number of alkyl halides is 1. The van der Waals surface area contributed by atoms with Gasteiger partial charge in [-0.05, 0) is 35.9 Å². The van der Waals surface area contributed by atoms with Crippen molar-refractivity contribution in [1.82, 2.24) is 9.88 Å². The second-order valence-corrected chi connectivity index (χ2v) is 7.89. The van der Waals surface area contributed by atoms with Crippen LogP contribution in [-0.2, 0) is 9.59 Å². The lowest BCUT2D eigenvalue weighted by Gasteiger charge is -2.32. The van der Waals surface area contributed by atoms with E-state index in [0.29, 0.717) is 26.1 Å². The smallest absolute Gasteiger partial charge is 0.373 e. The van der Waals surface area contributed by atoms with Gasteiger partial charge in [0.15, 0.2) is 0 Å². The maximum absolute atomic E-state index is 12.6. The lowest BCUT2D eigenvalue weighted by Crippen LogP contribution is -2.41. The number of ether oxygens (including phenoxy) is 1. The van der Waals surface area contributed by atoms with Crippen LogP contribution in [0.15, 0.2) is 72.9 Å². The van der Waals surface area contributed by atoms with Crippen LogP contribution in [-0.4, -0.2) is 62.4 Å². The Bertz CT molecular complexity index is 1060. The molecule has 7 nitrogen and oxygen atoms in total. The van der Waals surface area contributed by atoms with E-state index in [9.17, 15) is 9.18 Å². The number of benzene rings is 2. The van der Waals surface area contributed by atoms with Crippen LogP contribution >= 0.6 is 0 Å². The average molecular weight is 480 g/mol. The van der Waals surface area contributed by atoms with Gasteiger partial charge in [-0.3, -0.25) is 9.18 Å². The quantitative estimate of drug-likeness (QED) is 0.536. The lowest BCUT2D eigenvalue weighted by molar-refractivity contribution is -0.191. The summed E-state index contributed by atoms with van der Waals surface area (Å²) in [5.74, 6) is 0.730. The second-order valence-electron chi connectivity index (χ2n) is 7.89. The number of pyridine rings is 1. The van der Waals surface area contributed by atoms with Crippen molar-refractivity contribution in [2.75, 3.05) is 39.3 Å². The number of carbonyl (C=O) groups excluding carboxylic acids is 3. The third-order valence-electron chi connectivity index (χ3n) is 5.49. The SMILES string of the molecule is CF.CN(C)c1ccc(-c2ccc(OC3CCN(C(=O)c4ccccc4)CC3)nc2)cc1.O=C=O. The Morgan fingerprint density at radius 2 is 1.51 bits per heavy atom. The molecule has 4 rings (SSSR count). The van der Waals surface area contributed by atoms with Crippen LogP contribution in [0.2, 0.25) is 0 Å². The van der Waals surface area contributed by atoms with Crippen LogP contribution in [0.4, 0.5) is 10.1 Å². The van der Waals surface area contributed by atoms with E-state index in [1.54, 1.807) is 0 Å². The number of hydrogen-bond donors (Lipinski definition) is 0. The summed E-state index contributed by atoms with van der Waals surface area (Å²) in [7, 11) is 4.56. The number of likely N-dealkylation sites (tertiary alicyclic amines) is 1. The lowest BCUT2D eigenvalue weighted by atomic mass is 10.1. The maximum Gasteiger partial charge on any atom is 0.373 e. The fourth-order valence-electron chi connectivity index (χ4n) is 3.68. The standard InChI is InChI=1S/C25H27N3O2.CH3F.CO2/c1-27(2)22-11-8-19(9-12-22)21-10-13-24(26-18-21)30-23-14-16-28(17-15-23)25(29)20-6-4-3-5-7-20;1-2;2-1-3/h3-13,18,23H,14-17H2,1-2H3;1H3;. The monoisotopic (exact) mass is 479 g/mol. The van der Waals surface area contributed by atoms with Gasteiger partial charge in [0.25, 0.3) is 5.91 Å². The van der Waals surface area contributed by atoms with E-state index in [-0.39, 0.29) is 18.2 Å². The number of aromatic nitrogens is 1. The molecule has 1 aliphatic heterocycles. The van der Waals surface area contributed by atoms with E-state index in [0.717, 1.165) is 29.5 Å². The predicted molar refractivity (Wildman–Crippen MR) is 132 cm³/mol. The first kappa shape index (κ1) is 27.2. The van der Waals surface area contributed by atoms with Crippen LogP contribution < -0.4 is 9.64 Å². The first-order chi connectivity index (χ1) is 17.0. The van der Waals surface area contributed by atoms with Gasteiger partial charge in [0, 0.05) is 69.1 Å². The van der Waals surface area contributed by atoms with Gasteiger partial charge in [0.05, 0.1) is 7.18 Å². The highest BCUT2D eigenvalue weighted by atomic mass is 19.1. The van der Waals surface area contributed by atoms with E-state index in [1.807, 2.05) is 67.7 Å². The van der Waals surface area contributed by atoms with Crippen molar-refractivity contribution in [2.24, 2.45) is 0 Å². The zero-order valence-electron chi connectivity index (χ0n) is 20.2. The van der Waals surface area contributed by atoms with Crippen LogP contribution in [0, 0.1) is 0 Å². The van der Waals surface area contributed by atoms with Crippen molar-refractivity contribution < 1.29 is 23.5 Å². The van der Waals surface area contributed by atoms with Crippen LogP contribution in [0.3, 0.4) is 0 Å². The number of piperidine rings is 1. The Morgan fingerprint density at radius 3 is 2.03 bits per heavy atom. The number of carbonyl (C=O) groups is 1. The molecule has 1 aliphatic rings. The normalized spacial score (nSPS) is 12.7. The van der Waals surface area contributed by atoms with Gasteiger partial charge in [-0.25, -0.2) is 4.98 Å². The largest absolute Gasteiger partial charge is 0.474 e. The van der Waals surface area contributed by atoms with E-state index < -0.39 is 0 Å². The van der Waals surface area contributed by atoms with Gasteiger partial charge < -0.3 is 14.5 Å². The van der Waals surface area contributed by atoms with Crippen molar-refractivity contribution in [1.29, 1.82) is 0 Å². The first-order valence-electron chi connectivity index (χ1n) is 11.1. The summed E-state index contributed by atoms with van der Waals surface area (Å²) in [5, 5.41) is 0. The van der Waals surface area contributed by atoms with Gasteiger partial charge in [-0.15, -0.1) is 0 Å². The molecule has 0 bridgehead atoms. The van der Waals surface area contributed by atoms with Gasteiger partial charge in [0.1, 0.15) is 6.10 Å². The van der Waals surface area contributed by atoms with Crippen molar-refractivity contribution in [3.63, 3.8) is 0 Å². The van der Waals surface area contributed by atoms with Gasteiger partial charge in [-0.1, -0.05) is 30.3 Å². The summed E-state index contributed by atoms with van der Waals surface area (Å²) in [6, 6.07) is 21.8. The maximum atomic E-state index is 12.6. The summed E-state index contributed by atoms with van der Waals surface area (Å²) in [6.45, 7) is 1.41. The Balaban J connectivity index is 0.000000803. The van der Waals surface area contributed by atoms with Gasteiger partial charge in [0.2, 0.25) is 5.88 Å². The summed E-state index contributed by atoms with van der Waals surface area (Å²) in [6.07, 6.45) is 3.82. The summed E-state index contributed by atoms with van der Waals surface area (Å²) < 4.78 is 15.6. The molecule has 2 aromatic carbocycles. The molecule has 0 saturated carbocycles. The Morgan fingerprint density at radius 1 is 0.943 bits per heavy atom. The number of hydrogen-bond acceptors (Lipinski definition) is 6. The number of halogens is 1. The second kappa shape index (κ2) is 14.3. The third kappa shape index (κ3) is 8.05. The highest BCUT2D eigenvalue weighted by molar-refractivity contribution is 5.94. The summed E-state index contributed by atoms with van der Waals surface area (Å²) >= 11 is 0. The molecule has 1 saturated heterocycles. The Kier molecular flexibility index (Phi) is 11.1. The molecule has 0 unspecified atom stereocenters. The molecule has 0 atom stereocenters. The summed E-state index contributed by atoms with van der Waals surface area (Å²) in [4.78, 5) is 37.3. The van der Waals surface area contributed by atoms with E-state index >= 15 is 0 Å². The van der Waals surface area contributed by atoms with Crippen molar-refractivity contribution in [2.45, 2.75) is 18.9 Å². The number of anilines is 1. The third-order valence-corrected chi connectivity index (χ3v) is 5.49. The molecular formula is C27H30FN3O4. The van der Waals surface area contributed by atoms with Crippen LogP contribution in [0.5, 0.6) is 5.88 Å². The molecule has 1 aromatic heterocycles. The van der Waals surface area contributed by atoms with Crippen molar-refractivity contribution in [3.8, 4) is 17.0 Å². The van der Waals surface area contributed by atoms with Crippen LogP contribution in [0.25, 0.3) is 11.1 Å². The van der Waals surface area contributed by atoms with E-state index in [1.165, 1.54) is 5.69 Å². The minimum absolute atomic E-state index is 0.0857. The molecule has 0 aliphatic carbocycles. The van der Waals surface area contributed by atoms with Gasteiger partial charge >= 0.3 is 6.15 Å². The minimum Gasteiger partial charge on any atom is -0.474 e. The topological polar surface area (TPSA) is 79.8 Å². The molecule has 184 valence electrons. The zero-order chi connectivity index (χ0) is 25.6. The van der Waals surface area contributed by atoms with E-state index in [4.69, 9.17) is 14.3 Å². The molecule has 35 heavy (non-hydrogen) atoms. The Labute approximate surface area is 205 Å². The van der Waals surface area contributed by atoms with Gasteiger partial charge in [-0.2, -0.15) is 9.59 Å². The molecule has 1 amide bonds. The number of amides is 1. The fraction of sp³-hybridized carbons (Fsp3) is 0.296. The number of rotatable bonds is 5. The highest BCUT2D eigenvalue weighted by Gasteiger charge is 2.24. The molecule has 1 fully saturated rings. The molecule has 2 heterocycles. The molecule has 8 heteroatoms. The number of nitrogens with zero attached hydrogens (tertiary/aromatic N) is 3. The predicted octanol–water partition coefficient (Wildman–Crippen LogP) is 4.50. The summed E-state index contributed by atoms with van der Waals surface area (Å²) in [5.41, 5.74) is 4.11. The molecule has 0 spiro atoms. The molecule has 3 aromatic rings. The van der Waals surface area contributed by atoms with E-state index in [2.05, 4.69) is 34.1 Å². The fourth-order valence-corrected chi connectivity index (χ4v) is 3.68. The first-order valence-corrected chi connectivity index (χ1v) is 11.1. The average Bonchev–Trinajstić information content (AvgIpc) is 2.91. The zero-order valence-corrected chi connectivity index (χ0v) is 20.2. The molecule has 0 radical (unpaired) electrons. The van der Waals surface area contributed by atoms with Crippen LogP contribution in [0.1, 0.15) is 23.2 Å². The van der Waals surface area contributed by atoms with Crippen molar-refractivity contribution in [3.05, 3.63) is 78.5 Å². The molecular weight excluding hydrogens is 449 g/mol.